The summed E-state index contributed by atoms with van der Waals surface area (Å²) < 4.78 is 5.84. The summed E-state index contributed by atoms with van der Waals surface area (Å²) in [5.41, 5.74) is 2.04. The zero-order valence-corrected chi connectivity index (χ0v) is 35.2. The van der Waals surface area contributed by atoms with Crippen molar-refractivity contribution in [3.05, 3.63) is 58.2 Å². The Kier molecular flexibility index (Phi) is 15.8. The van der Waals surface area contributed by atoms with Crippen molar-refractivity contribution in [2.24, 2.45) is 28.7 Å². The summed E-state index contributed by atoms with van der Waals surface area (Å²) in [7, 11) is 3.17. The van der Waals surface area contributed by atoms with Gasteiger partial charge in [-0.25, -0.2) is 9.79 Å². The molecular weight excluding hydrogens is 778 g/mol. The van der Waals surface area contributed by atoms with E-state index in [-0.39, 0.29) is 60.1 Å². The van der Waals surface area contributed by atoms with Crippen LogP contribution in [-0.4, -0.2) is 165 Å². The Labute approximate surface area is 350 Å². The molecule has 330 valence electrons. The number of carbonyl (C=O) groups excluding carboxylic acids is 3. The maximum atomic E-state index is 12.6. The van der Waals surface area contributed by atoms with Crippen molar-refractivity contribution in [2.45, 2.75) is 95.9 Å². The lowest BCUT2D eigenvalue weighted by molar-refractivity contribution is -0.384. The molecule has 1 aromatic carbocycles. The van der Waals surface area contributed by atoms with Crippen molar-refractivity contribution >= 4 is 41.6 Å². The van der Waals surface area contributed by atoms with E-state index in [1.165, 1.54) is 24.1 Å². The van der Waals surface area contributed by atoms with Crippen molar-refractivity contribution in [1.82, 2.24) is 19.6 Å². The molecule has 2 fully saturated rings. The molecule has 10 atom stereocenters. The van der Waals surface area contributed by atoms with E-state index in [1.807, 2.05) is 30.9 Å². The molecule has 0 radical (unpaired) electrons. The quantitative estimate of drug-likeness (QED) is 0.113. The van der Waals surface area contributed by atoms with Gasteiger partial charge in [0, 0.05) is 83.5 Å². The second kappa shape index (κ2) is 20.6. The van der Waals surface area contributed by atoms with E-state index in [1.54, 1.807) is 25.5 Å². The fourth-order valence-electron chi connectivity index (χ4n) is 8.69. The molecule has 0 aromatic heterocycles. The summed E-state index contributed by atoms with van der Waals surface area (Å²) in [5, 5.41) is 49.9. The van der Waals surface area contributed by atoms with Crippen molar-refractivity contribution in [3.8, 4) is 0 Å². The number of carboxylic acids is 1. The number of non-ortho nitro benzene ring substituents is 1. The summed E-state index contributed by atoms with van der Waals surface area (Å²) >= 11 is 0. The molecule has 5 aliphatic rings. The van der Waals surface area contributed by atoms with Gasteiger partial charge in [0.1, 0.15) is 6.10 Å². The SMILES string of the molecule is CC[C@H](C)C(=O)O[C@H]1C[C@H](O)C=C2C=C[C@H](C)[C@H](CC[C@@H](O)C[C@@H](O)CC(=O)O)[C@H]21.CN1C(=O)C2C(N=CN2CCN2CCN(c3ccc([N+](=O)[O-])cc3)CC2)N(C)C1=O. The Balaban J connectivity index is 0.000000228. The number of carboxylic acid groups (broad SMARTS) is 1. The van der Waals surface area contributed by atoms with Gasteiger partial charge in [-0.05, 0) is 55.2 Å². The lowest BCUT2D eigenvalue weighted by Gasteiger charge is -2.43. The van der Waals surface area contributed by atoms with Gasteiger partial charge in [0.15, 0.2) is 12.2 Å². The number of rotatable bonds is 15. The Bertz CT molecular complexity index is 1780. The number of hydrogen-bond donors (Lipinski definition) is 4. The number of urea groups is 1. The van der Waals surface area contributed by atoms with Gasteiger partial charge >= 0.3 is 18.0 Å². The molecule has 1 aromatic rings. The van der Waals surface area contributed by atoms with Gasteiger partial charge in [0.25, 0.3) is 11.6 Å². The van der Waals surface area contributed by atoms with Crippen LogP contribution in [0.15, 0.2) is 53.1 Å². The summed E-state index contributed by atoms with van der Waals surface area (Å²) in [6.45, 7) is 10.7. The number of fused-ring (bicyclic) bond motifs is 2. The number of hydrogen-bond acceptors (Lipinski definition) is 14. The van der Waals surface area contributed by atoms with Crippen LogP contribution >= 0.6 is 0 Å². The van der Waals surface area contributed by atoms with Crippen LogP contribution in [0, 0.1) is 33.8 Å². The number of allylic oxidation sites excluding steroid dienone is 2. The molecule has 60 heavy (non-hydrogen) atoms. The van der Waals surface area contributed by atoms with Crippen molar-refractivity contribution in [2.75, 3.05) is 58.3 Å². The smallest absolute Gasteiger partial charge is 0.328 e. The number of esters is 1. The molecule has 18 heteroatoms. The first-order valence-electron chi connectivity index (χ1n) is 20.9. The fraction of sp³-hybridized carbons (Fsp3) is 0.643. The van der Waals surface area contributed by atoms with E-state index in [0.29, 0.717) is 32.2 Å². The highest BCUT2D eigenvalue weighted by Crippen LogP contribution is 2.44. The third-order valence-corrected chi connectivity index (χ3v) is 12.5. The van der Waals surface area contributed by atoms with Crippen LogP contribution in [0.4, 0.5) is 16.2 Å². The van der Waals surface area contributed by atoms with E-state index in [0.717, 1.165) is 48.9 Å². The Morgan fingerprint density at radius 3 is 2.37 bits per heavy atom. The normalized spacial score (nSPS) is 27.9. The van der Waals surface area contributed by atoms with E-state index in [2.05, 4.69) is 27.8 Å². The number of piperazine rings is 1. The van der Waals surface area contributed by atoms with Gasteiger partial charge in [-0.3, -0.25) is 34.3 Å². The highest BCUT2D eigenvalue weighted by atomic mass is 16.6. The van der Waals surface area contributed by atoms with E-state index in [4.69, 9.17) is 9.84 Å². The largest absolute Gasteiger partial charge is 0.481 e. The van der Waals surface area contributed by atoms with Gasteiger partial charge in [-0.2, -0.15) is 0 Å². The lowest BCUT2D eigenvalue weighted by atomic mass is 9.66. The van der Waals surface area contributed by atoms with Crippen LogP contribution in [0.25, 0.3) is 0 Å². The maximum Gasteiger partial charge on any atom is 0.328 e. The first-order valence-corrected chi connectivity index (χ1v) is 20.9. The molecule has 3 aliphatic heterocycles. The number of ether oxygens (including phenoxy) is 1. The number of benzene rings is 1. The van der Waals surface area contributed by atoms with Crippen LogP contribution in [0.5, 0.6) is 0 Å². The van der Waals surface area contributed by atoms with Gasteiger partial charge < -0.3 is 39.9 Å². The molecule has 0 spiro atoms. The minimum absolute atomic E-state index is 0.0156. The molecular formula is C42H61N7O11. The Morgan fingerprint density at radius 1 is 1.05 bits per heavy atom. The summed E-state index contributed by atoms with van der Waals surface area (Å²) in [5.74, 6) is -1.53. The number of anilines is 1. The van der Waals surface area contributed by atoms with Crippen molar-refractivity contribution in [1.29, 1.82) is 0 Å². The maximum absolute atomic E-state index is 12.6. The number of imide groups is 1. The highest BCUT2D eigenvalue weighted by molar-refractivity contribution is 6.01. The standard InChI is InChI=1S/C23H36O7.C19H25N7O4/c1-4-13(2)23(29)30-20-11-17(25)9-15-6-5-14(3)19(22(15)20)8-7-16(24)10-18(26)12-21(27)28;1-21-17-16(18(27)22(2)19(21)28)25(13-20-17)12-9-23-7-10-24(11-8-23)14-3-5-15(6-4-14)26(29)30/h5-6,9,13-14,16-20,22,24-26H,4,7-8,10-12H2,1-3H3,(H,27,28);3-6,13,16-17H,7-12H2,1-2H3/t13-,14-,16+,17+,18+,19-,20-,22-;/m0./s1. The average Bonchev–Trinajstić information content (AvgIpc) is 3.65. The third-order valence-electron chi connectivity index (χ3n) is 12.5. The lowest BCUT2D eigenvalue weighted by Crippen LogP contribution is -2.64. The number of amides is 3. The Hall–Kier alpha value is -4.91. The van der Waals surface area contributed by atoms with Crippen molar-refractivity contribution in [3.63, 3.8) is 0 Å². The van der Waals surface area contributed by atoms with Gasteiger partial charge in [-0.15, -0.1) is 0 Å². The molecule has 18 nitrogen and oxygen atoms in total. The molecule has 4 N–H and O–H groups in total. The molecule has 2 saturated heterocycles. The van der Waals surface area contributed by atoms with Crippen LogP contribution in [0.3, 0.4) is 0 Å². The molecule has 3 amide bonds. The fourth-order valence-corrected chi connectivity index (χ4v) is 8.69. The van der Waals surface area contributed by atoms with Crippen LogP contribution < -0.4 is 4.90 Å². The molecule has 0 bridgehead atoms. The topological polar surface area (TPSA) is 230 Å². The number of aliphatic imine (C=N–C) groups is 1. The molecule has 3 heterocycles. The summed E-state index contributed by atoms with van der Waals surface area (Å²) in [6.07, 6.45) is 5.86. The monoisotopic (exact) mass is 839 g/mol. The van der Waals surface area contributed by atoms with E-state index >= 15 is 0 Å². The number of nitro benzene ring substituents is 1. The number of likely N-dealkylation sites (N-methyl/N-ethyl adjacent to an activating group) is 2. The van der Waals surface area contributed by atoms with E-state index in [9.17, 15) is 44.6 Å². The van der Waals surface area contributed by atoms with Gasteiger partial charge in [0.05, 0.1) is 41.9 Å². The van der Waals surface area contributed by atoms with Crippen molar-refractivity contribution < 1.29 is 49.3 Å². The van der Waals surface area contributed by atoms with E-state index < -0.39 is 47.5 Å². The molecule has 6 rings (SSSR count). The number of aliphatic carboxylic acids is 1. The second-order valence-electron chi connectivity index (χ2n) is 16.6. The Morgan fingerprint density at radius 2 is 1.73 bits per heavy atom. The summed E-state index contributed by atoms with van der Waals surface area (Å²) in [4.78, 5) is 71.7. The third kappa shape index (κ3) is 11.3. The number of nitro groups is 1. The van der Waals surface area contributed by atoms with Crippen LogP contribution in [0.2, 0.25) is 0 Å². The number of nitrogens with zero attached hydrogens (tertiary/aromatic N) is 7. The first kappa shape index (κ1) is 46.2. The highest BCUT2D eigenvalue weighted by Gasteiger charge is 2.48. The van der Waals surface area contributed by atoms with Gasteiger partial charge in [0.2, 0.25) is 0 Å². The van der Waals surface area contributed by atoms with Gasteiger partial charge in [-0.1, -0.05) is 39.0 Å². The molecule has 2 aliphatic carbocycles. The number of carbonyl (C=O) groups is 4. The zero-order valence-electron chi connectivity index (χ0n) is 35.2. The minimum atomic E-state index is -1.10. The predicted octanol–water partition coefficient (Wildman–Crippen LogP) is 2.72. The van der Waals surface area contributed by atoms with Crippen LogP contribution in [0.1, 0.15) is 59.3 Å². The summed E-state index contributed by atoms with van der Waals surface area (Å²) in [6, 6.07) is 5.85. The minimum Gasteiger partial charge on any atom is -0.481 e. The first-order chi connectivity index (χ1) is 28.5. The second-order valence-corrected chi connectivity index (χ2v) is 16.6. The molecule has 2 unspecified atom stereocenters. The number of aliphatic hydroxyl groups is 3. The number of aliphatic hydroxyl groups excluding tert-OH is 3. The zero-order chi connectivity index (χ0) is 43.8. The average molecular weight is 840 g/mol. The van der Waals surface area contributed by atoms with Crippen LogP contribution in [-0.2, 0) is 19.1 Å². The molecule has 0 saturated carbocycles. The predicted molar refractivity (Wildman–Crippen MR) is 222 cm³/mol.